The predicted octanol–water partition coefficient (Wildman–Crippen LogP) is 1.39. The Labute approximate surface area is 77.9 Å². The molecule has 13 heavy (non-hydrogen) atoms. The van der Waals surface area contributed by atoms with Gasteiger partial charge in [-0.3, -0.25) is 0 Å². The van der Waals surface area contributed by atoms with Gasteiger partial charge in [0, 0.05) is 6.42 Å². The molecule has 0 saturated heterocycles. The van der Waals surface area contributed by atoms with Crippen molar-refractivity contribution < 1.29 is 4.79 Å². The highest BCUT2D eigenvalue weighted by atomic mass is 16.2. The monoisotopic (exact) mass is 181 g/mol. The fraction of sp³-hybridized carbons (Fsp3) is 0.556. The molecule has 0 bridgehead atoms. The van der Waals surface area contributed by atoms with Crippen LogP contribution in [0.5, 0.6) is 0 Å². The summed E-state index contributed by atoms with van der Waals surface area (Å²) in [6.07, 6.45) is 2.83. The minimum atomic E-state index is -0.622. The molecular formula is C9H15N3O. The van der Waals surface area contributed by atoms with Gasteiger partial charge in [-0.25, -0.2) is 10.2 Å². The number of urea groups is 1. The second kappa shape index (κ2) is 3.20. The van der Waals surface area contributed by atoms with Crippen molar-refractivity contribution in [3.63, 3.8) is 0 Å². The lowest BCUT2D eigenvalue weighted by atomic mass is 9.87. The van der Waals surface area contributed by atoms with Gasteiger partial charge in [0.2, 0.25) is 0 Å². The van der Waals surface area contributed by atoms with Gasteiger partial charge in [-0.15, -0.1) is 0 Å². The molecule has 0 unspecified atom stereocenters. The largest absolute Gasteiger partial charge is 0.350 e. The number of hydrogen-bond donors (Lipinski definition) is 2. The molecule has 1 aliphatic rings. The molecule has 4 heteroatoms. The maximum Gasteiger partial charge on any atom is 0.332 e. The summed E-state index contributed by atoms with van der Waals surface area (Å²) in [5.74, 6) is 0. The van der Waals surface area contributed by atoms with Crippen molar-refractivity contribution >= 4 is 11.7 Å². The topological polar surface area (TPSA) is 67.5 Å². The van der Waals surface area contributed by atoms with Crippen LogP contribution in [0, 0.1) is 5.41 Å². The standard InChI is InChI=1S/C9H15N3O/c1-6-4-7(5-9(6,2)3)11-12-8(10)13/h4H,5H2,1-3H3,(H3,10,12,13)/b11-7-. The quantitative estimate of drug-likeness (QED) is 0.590. The number of nitrogens with two attached hydrogens (primary N) is 1. The average molecular weight is 181 g/mol. The van der Waals surface area contributed by atoms with E-state index in [4.69, 9.17) is 5.73 Å². The summed E-state index contributed by atoms with van der Waals surface area (Å²) in [6.45, 7) is 6.35. The molecule has 0 aromatic rings. The zero-order valence-electron chi connectivity index (χ0n) is 8.22. The lowest BCUT2D eigenvalue weighted by molar-refractivity contribution is 0.249. The van der Waals surface area contributed by atoms with Crippen molar-refractivity contribution in [3.8, 4) is 0 Å². The number of rotatable bonds is 1. The van der Waals surface area contributed by atoms with Crippen LogP contribution in [0.1, 0.15) is 27.2 Å². The first-order valence-corrected chi connectivity index (χ1v) is 4.22. The Bertz CT molecular complexity index is 289. The Balaban J connectivity index is 2.69. The van der Waals surface area contributed by atoms with Crippen LogP contribution >= 0.6 is 0 Å². The van der Waals surface area contributed by atoms with Crippen molar-refractivity contribution in [2.75, 3.05) is 0 Å². The molecule has 1 rings (SSSR count). The van der Waals surface area contributed by atoms with E-state index in [-0.39, 0.29) is 5.41 Å². The molecule has 0 aromatic heterocycles. The third kappa shape index (κ3) is 2.31. The van der Waals surface area contributed by atoms with Gasteiger partial charge >= 0.3 is 6.03 Å². The van der Waals surface area contributed by atoms with Gasteiger partial charge in [0.05, 0.1) is 5.71 Å². The minimum absolute atomic E-state index is 0.151. The lowest BCUT2D eigenvalue weighted by Crippen LogP contribution is -2.25. The van der Waals surface area contributed by atoms with Crippen molar-refractivity contribution in [1.82, 2.24) is 5.43 Å². The van der Waals surface area contributed by atoms with Gasteiger partial charge in [0.1, 0.15) is 0 Å². The number of nitrogens with one attached hydrogen (secondary N) is 1. The fourth-order valence-corrected chi connectivity index (χ4v) is 1.29. The molecule has 0 aliphatic heterocycles. The maximum atomic E-state index is 10.4. The molecule has 0 fully saturated rings. The third-order valence-corrected chi connectivity index (χ3v) is 2.38. The molecule has 3 N–H and O–H groups in total. The summed E-state index contributed by atoms with van der Waals surface area (Å²) in [7, 11) is 0. The van der Waals surface area contributed by atoms with Crippen LogP contribution in [0.3, 0.4) is 0 Å². The van der Waals surface area contributed by atoms with E-state index in [9.17, 15) is 4.79 Å². The second-order valence-electron chi connectivity index (χ2n) is 3.97. The van der Waals surface area contributed by atoms with Crippen molar-refractivity contribution in [1.29, 1.82) is 0 Å². The number of hydrazone groups is 1. The molecule has 72 valence electrons. The van der Waals surface area contributed by atoms with E-state index in [1.807, 2.05) is 6.08 Å². The van der Waals surface area contributed by atoms with Gasteiger partial charge in [-0.05, 0) is 18.4 Å². The number of carbonyl (C=O) groups excluding carboxylic acids is 1. The first kappa shape index (κ1) is 9.77. The van der Waals surface area contributed by atoms with Gasteiger partial charge < -0.3 is 5.73 Å². The number of allylic oxidation sites excluding steroid dienone is 2. The van der Waals surface area contributed by atoms with Gasteiger partial charge in [-0.2, -0.15) is 5.10 Å². The highest BCUT2D eigenvalue weighted by Gasteiger charge is 2.27. The van der Waals surface area contributed by atoms with Crippen LogP contribution in [-0.4, -0.2) is 11.7 Å². The van der Waals surface area contributed by atoms with E-state index in [1.165, 1.54) is 5.57 Å². The van der Waals surface area contributed by atoms with E-state index < -0.39 is 6.03 Å². The Kier molecular flexibility index (Phi) is 2.40. The summed E-state index contributed by atoms with van der Waals surface area (Å²) < 4.78 is 0. The Hall–Kier alpha value is -1.32. The van der Waals surface area contributed by atoms with E-state index in [0.29, 0.717) is 0 Å². The molecule has 0 spiro atoms. The second-order valence-corrected chi connectivity index (χ2v) is 3.97. The van der Waals surface area contributed by atoms with Crippen LogP contribution in [0.2, 0.25) is 0 Å². The van der Waals surface area contributed by atoms with E-state index in [2.05, 4.69) is 31.3 Å². The Morgan fingerprint density at radius 1 is 1.69 bits per heavy atom. The van der Waals surface area contributed by atoms with Gasteiger partial charge in [0.15, 0.2) is 0 Å². The molecule has 0 radical (unpaired) electrons. The van der Waals surface area contributed by atoms with Gasteiger partial charge in [0.25, 0.3) is 0 Å². The van der Waals surface area contributed by atoms with E-state index >= 15 is 0 Å². The summed E-state index contributed by atoms with van der Waals surface area (Å²) in [4.78, 5) is 10.4. The molecule has 0 saturated carbocycles. The van der Waals surface area contributed by atoms with Crippen molar-refractivity contribution in [2.45, 2.75) is 27.2 Å². The third-order valence-electron chi connectivity index (χ3n) is 2.38. The molecule has 0 heterocycles. The first-order chi connectivity index (χ1) is 5.92. The Morgan fingerprint density at radius 2 is 2.31 bits per heavy atom. The van der Waals surface area contributed by atoms with Gasteiger partial charge in [-0.1, -0.05) is 19.4 Å². The number of nitrogens with zero attached hydrogens (tertiary/aromatic N) is 1. The SMILES string of the molecule is CC1=C/C(=N/NC(N)=O)CC1(C)C. The average Bonchev–Trinajstić information content (AvgIpc) is 2.22. The zero-order valence-corrected chi connectivity index (χ0v) is 8.22. The lowest BCUT2D eigenvalue weighted by Gasteiger charge is -2.18. The number of hydrogen-bond acceptors (Lipinski definition) is 2. The molecule has 0 aromatic carbocycles. The summed E-state index contributed by atoms with van der Waals surface area (Å²) >= 11 is 0. The Morgan fingerprint density at radius 3 is 2.69 bits per heavy atom. The zero-order chi connectivity index (χ0) is 10.1. The minimum Gasteiger partial charge on any atom is -0.350 e. The smallest absolute Gasteiger partial charge is 0.332 e. The molecule has 2 amide bonds. The molecule has 0 atom stereocenters. The van der Waals surface area contributed by atoms with Crippen molar-refractivity contribution in [3.05, 3.63) is 11.6 Å². The van der Waals surface area contributed by atoms with Crippen LogP contribution in [0.4, 0.5) is 4.79 Å². The molecule has 4 nitrogen and oxygen atoms in total. The van der Waals surface area contributed by atoms with E-state index in [0.717, 1.165) is 12.1 Å². The van der Waals surface area contributed by atoms with Crippen LogP contribution in [-0.2, 0) is 0 Å². The highest BCUT2D eigenvalue weighted by molar-refractivity contribution is 5.99. The van der Waals surface area contributed by atoms with Crippen molar-refractivity contribution in [2.24, 2.45) is 16.3 Å². The van der Waals surface area contributed by atoms with Crippen LogP contribution in [0.15, 0.2) is 16.8 Å². The first-order valence-electron chi connectivity index (χ1n) is 4.22. The number of carbonyl (C=O) groups is 1. The van der Waals surface area contributed by atoms with Crippen LogP contribution < -0.4 is 11.2 Å². The van der Waals surface area contributed by atoms with E-state index in [1.54, 1.807) is 0 Å². The highest BCUT2D eigenvalue weighted by Crippen LogP contribution is 2.35. The van der Waals surface area contributed by atoms with Crippen LogP contribution in [0.25, 0.3) is 0 Å². The molecule has 1 aliphatic carbocycles. The predicted molar refractivity (Wildman–Crippen MR) is 52.3 cm³/mol. The number of primary amides is 1. The fourth-order valence-electron chi connectivity index (χ4n) is 1.29. The molecular weight excluding hydrogens is 166 g/mol. The normalized spacial score (nSPS) is 23.0. The summed E-state index contributed by atoms with van der Waals surface area (Å²) in [5, 5.41) is 3.88. The number of amides is 2. The summed E-state index contributed by atoms with van der Waals surface area (Å²) in [5.41, 5.74) is 9.43. The maximum absolute atomic E-state index is 10.4. The summed E-state index contributed by atoms with van der Waals surface area (Å²) in [6, 6.07) is -0.622.